The Morgan fingerprint density at radius 2 is 2.07 bits per heavy atom. The number of rotatable bonds is 4. The van der Waals surface area contributed by atoms with Crippen molar-refractivity contribution in [2.24, 2.45) is 0 Å². The summed E-state index contributed by atoms with van der Waals surface area (Å²) in [6, 6.07) is 1.91. The van der Waals surface area contributed by atoms with Gasteiger partial charge in [0.05, 0.1) is 5.56 Å². The largest absolute Gasteiger partial charge is 0.317 e. The Balaban J connectivity index is 0.00000210. The van der Waals surface area contributed by atoms with Crippen molar-refractivity contribution in [3.8, 4) is 5.13 Å². The number of carbonyl (C=O) groups excluding carboxylic acids is 1. The standard InChI is InChI=1S/C18H21N5OS2.ClH/c1-11-9-14(12(2)23(11)18-20-7-8-25-18)16(24)22-17-21-10-15(26-17)13-3-5-19-6-4-13;/h7-10,13,19H,3-6H2,1-2H3,(H,21,22,24);1H. The van der Waals surface area contributed by atoms with Crippen LogP contribution in [0.4, 0.5) is 5.13 Å². The van der Waals surface area contributed by atoms with Crippen LogP contribution >= 0.6 is 35.1 Å². The quantitative estimate of drug-likeness (QED) is 0.661. The van der Waals surface area contributed by atoms with Crippen molar-refractivity contribution in [3.63, 3.8) is 0 Å². The topological polar surface area (TPSA) is 71.8 Å². The maximum absolute atomic E-state index is 12.8. The van der Waals surface area contributed by atoms with Gasteiger partial charge in [-0.3, -0.25) is 14.7 Å². The second-order valence-electron chi connectivity index (χ2n) is 6.48. The molecule has 0 aliphatic carbocycles. The van der Waals surface area contributed by atoms with Crippen LogP contribution in [0.2, 0.25) is 0 Å². The molecule has 0 spiro atoms. The summed E-state index contributed by atoms with van der Waals surface area (Å²) in [7, 11) is 0. The number of amides is 1. The highest BCUT2D eigenvalue weighted by molar-refractivity contribution is 7.15. The molecular formula is C18H22ClN5OS2. The van der Waals surface area contributed by atoms with E-state index in [0.29, 0.717) is 16.6 Å². The van der Waals surface area contributed by atoms with Crippen LogP contribution in [0.1, 0.15) is 45.4 Å². The van der Waals surface area contributed by atoms with Crippen LogP contribution in [0, 0.1) is 13.8 Å². The Kier molecular flexibility index (Phi) is 6.31. The van der Waals surface area contributed by atoms with Gasteiger partial charge in [-0.15, -0.1) is 35.1 Å². The fourth-order valence-electron chi connectivity index (χ4n) is 3.42. The molecule has 0 aromatic carbocycles. The number of halogens is 1. The van der Waals surface area contributed by atoms with E-state index in [2.05, 4.69) is 20.6 Å². The first kappa shape index (κ1) is 20.0. The molecule has 1 fully saturated rings. The smallest absolute Gasteiger partial charge is 0.259 e. The predicted octanol–water partition coefficient (Wildman–Crippen LogP) is 4.15. The van der Waals surface area contributed by atoms with Gasteiger partial charge < -0.3 is 5.32 Å². The van der Waals surface area contributed by atoms with E-state index in [1.807, 2.05) is 36.1 Å². The lowest BCUT2D eigenvalue weighted by atomic mass is 9.97. The molecule has 1 saturated heterocycles. The van der Waals surface area contributed by atoms with Gasteiger partial charge in [0.15, 0.2) is 10.3 Å². The van der Waals surface area contributed by atoms with Crippen LogP contribution in [0.25, 0.3) is 5.13 Å². The molecule has 0 atom stereocenters. The van der Waals surface area contributed by atoms with E-state index in [4.69, 9.17) is 0 Å². The minimum absolute atomic E-state index is 0. The Morgan fingerprint density at radius 1 is 1.30 bits per heavy atom. The SMILES string of the molecule is Cc1cc(C(=O)Nc2ncc(C3CCNCC3)s2)c(C)n1-c1nccs1.Cl. The van der Waals surface area contributed by atoms with Crippen molar-refractivity contribution in [3.05, 3.63) is 45.7 Å². The fourth-order valence-corrected chi connectivity index (χ4v) is 5.15. The van der Waals surface area contributed by atoms with Crippen LogP contribution in [0.5, 0.6) is 0 Å². The number of nitrogens with zero attached hydrogens (tertiary/aromatic N) is 3. The number of hydrogen-bond donors (Lipinski definition) is 2. The van der Waals surface area contributed by atoms with Gasteiger partial charge in [-0.25, -0.2) is 9.97 Å². The van der Waals surface area contributed by atoms with E-state index in [1.54, 1.807) is 28.9 Å². The maximum atomic E-state index is 12.8. The highest BCUT2D eigenvalue weighted by Crippen LogP contribution is 2.32. The molecule has 0 saturated carbocycles. The van der Waals surface area contributed by atoms with E-state index in [9.17, 15) is 4.79 Å². The normalized spacial score (nSPS) is 14.7. The minimum Gasteiger partial charge on any atom is -0.317 e. The molecule has 4 rings (SSSR count). The molecule has 144 valence electrons. The average molecular weight is 424 g/mol. The molecule has 0 unspecified atom stereocenters. The molecule has 3 aromatic rings. The summed E-state index contributed by atoms with van der Waals surface area (Å²) in [5.41, 5.74) is 2.55. The molecule has 4 heterocycles. The lowest BCUT2D eigenvalue weighted by Gasteiger charge is -2.20. The van der Waals surface area contributed by atoms with E-state index < -0.39 is 0 Å². The van der Waals surface area contributed by atoms with E-state index in [0.717, 1.165) is 42.5 Å². The summed E-state index contributed by atoms with van der Waals surface area (Å²) in [5, 5.41) is 9.83. The Bertz CT molecular complexity index is 912. The summed E-state index contributed by atoms with van der Waals surface area (Å²) in [4.78, 5) is 22.8. The number of hydrogen-bond acceptors (Lipinski definition) is 6. The van der Waals surface area contributed by atoms with Crippen molar-refractivity contribution < 1.29 is 4.79 Å². The summed E-state index contributed by atoms with van der Waals surface area (Å²) < 4.78 is 2.02. The number of anilines is 1. The molecule has 0 bridgehead atoms. The number of aromatic nitrogens is 3. The highest BCUT2D eigenvalue weighted by atomic mass is 35.5. The van der Waals surface area contributed by atoms with Gasteiger partial charge in [0.25, 0.3) is 5.91 Å². The van der Waals surface area contributed by atoms with Crippen LogP contribution in [0.3, 0.4) is 0 Å². The zero-order chi connectivity index (χ0) is 18.1. The second kappa shape index (κ2) is 8.52. The fraction of sp³-hybridized carbons (Fsp3) is 0.389. The average Bonchev–Trinajstić information content (AvgIpc) is 3.37. The van der Waals surface area contributed by atoms with Crippen molar-refractivity contribution in [1.82, 2.24) is 19.9 Å². The molecule has 2 N–H and O–H groups in total. The summed E-state index contributed by atoms with van der Waals surface area (Å²) in [6.45, 7) is 6.04. The van der Waals surface area contributed by atoms with Gasteiger partial charge >= 0.3 is 0 Å². The zero-order valence-electron chi connectivity index (χ0n) is 15.2. The van der Waals surface area contributed by atoms with E-state index in [-0.39, 0.29) is 18.3 Å². The molecular weight excluding hydrogens is 402 g/mol. The van der Waals surface area contributed by atoms with Gasteiger partial charge in [-0.2, -0.15) is 0 Å². The third kappa shape index (κ3) is 4.08. The van der Waals surface area contributed by atoms with Crippen molar-refractivity contribution in [2.75, 3.05) is 18.4 Å². The molecule has 0 radical (unpaired) electrons. The van der Waals surface area contributed by atoms with E-state index >= 15 is 0 Å². The third-order valence-electron chi connectivity index (χ3n) is 4.77. The van der Waals surface area contributed by atoms with Crippen molar-refractivity contribution in [1.29, 1.82) is 0 Å². The first-order valence-corrected chi connectivity index (χ1v) is 10.4. The summed E-state index contributed by atoms with van der Waals surface area (Å²) in [5.74, 6) is 0.432. The summed E-state index contributed by atoms with van der Waals surface area (Å²) in [6.07, 6.45) is 5.95. The number of carbonyl (C=O) groups is 1. The molecule has 6 nitrogen and oxygen atoms in total. The number of nitrogens with one attached hydrogen (secondary N) is 2. The third-order valence-corrected chi connectivity index (χ3v) is 6.60. The monoisotopic (exact) mass is 423 g/mol. The molecule has 1 aliphatic rings. The Hall–Kier alpha value is -1.74. The Labute approximate surface area is 172 Å². The predicted molar refractivity (Wildman–Crippen MR) is 113 cm³/mol. The zero-order valence-corrected chi connectivity index (χ0v) is 17.6. The van der Waals surface area contributed by atoms with Crippen LogP contribution in [-0.4, -0.2) is 33.5 Å². The molecule has 27 heavy (non-hydrogen) atoms. The van der Waals surface area contributed by atoms with Crippen LogP contribution in [-0.2, 0) is 0 Å². The summed E-state index contributed by atoms with van der Waals surface area (Å²) >= 11 is 3.15. The molecule has 1 amide bonds. The second-order valence-corrected chi connectivity index (χ2v) is 8.42. The molecule has 1 aliphatic heterocycles. The van der Waals surface area contributed by atoms with Crippen LogP contribution < -0.4 is 10.6 Å². The molecule has 3 aromatic heterocycles. The number of thiazole rings is 2. The van der Waals surface area contributed by atoms with Crippen molar-refractivity contribution >= 4 is 46.1 Å². The lowest BCUT2D eigenvalue weighted by Crippen LogP contribution is -2.26. The first-order valence-electron chi connectivity index (χ1n) is 8.70. The van der Waals surface area contributed by atoms with Gasteiger partial charge in [-0.05, 0) is 51.8 Å². The minimum atomic E-state index is -0.118. The molecule has 9 heteroatoms. The van der Waals surface area contributed by atoms with Gasteiger partial charge in [0.2, 0.25) is 0 Å². The Morgan fingerprint density at radius 3 is 2.78 bits per heavy atom. The number of piperidine rings is 1. The van der Waals surface area contributed by atoms with E-state index in [1.165, 1.54) is 4.88 Å². The lowest BCUT2D eigenvalue weighted by molar-refractivity contribution is 0.102. The maximum Gasteiger partial charge on any atom is 0.259 e. The number of aryl methyl sites for hydroxylation is 1. The highest BCUT2D eigenvalue weighted by Gasteiger charge is 2.21. The van der Waals surface area contributed by atoms with Gasteiger partial charge in [0, 0.05) is 34.0 Å². The van der Waals surface area contributed by atoms with Crippen LogP contribution in [0.15, 0.2) is 23.8 Å². The van der Waals surface area contributed by atoms with Gasteiger partial charge in [0.1, 0.15) is 0 Å². The van der Waals surface area contributed by atoms with Gasteiger partial charge in [-0.1, -0.05) is 0 Å². The first-order chi connectivity index (χ1) is 12.6. The van der Waals surface area contributed by atoms with Crippen molar-refractivity contribution in [2.45, 2.75) is 32.6 Å².